The summed E-state index contributed by atoms with van der Waals surface area (Å²) in [5.41, 5.74) is 0.912. The molecule has 0 aliphatic carbocycles. The van der Waals surface area contributed by atoms with E-state index in [-0.39, 0.29) is 11.8 Å². The quantitative estimate of drug-likeness (QED) is 0.912. The summed E-state index contributed by atoms with van der Waals surface area (Å²) < 4.78 is 29.6. The van der Waals surface area contributed by atoms with Gasteiger partial charge in [-0.2, -0.15) is 0 Å². The number of sulfone groups is 1. The lowest BCUT2D eigenvalue weighted by Crippen LogP contribution is -2.26. The Morgan fingerprint density at radius 1 is 1.32 bits per heavy atom. The summed E-state index contributed by atoms with van der Waals surface area (Å²) in [5, 5.41) is 3.36. The van der Waals surface area contributed by atoms with Gasteiger partial charge in [0.15, 0.2) is 9.84 Å². The molecule has 2 unspecified atom stereocenters. The minimum absolute atomic E-state index is 0.0670. The molecule has 0 saturated carbocycles. The SMILES string of the molecule is O=S1(=O)CC(NCCC2CCCO2)c2ccccc21. The van der Waals surface area contributed by atoms with Crippen molar-refractivity contribution < 1.29 is 13.2 Å². The molecule has 2 aliphatic heterocycles. The maximum absolute atomic E-state index is 12.0. The van der Waals surface area contributed by atoms with Gasteiger partial charge in [-0.25, -0.2) is 8.42 Å². The molecule has 1 fully saturated rings. The van der Waals surface area contributed by atoms with Crippen LogP contribution in [0.3, 0.4) is 0 Å². The van der Waals surface area contributed by atoms with Crippen molar-refractivity contribution in [1.82, 2.24) is 5.32 Å². The van der Waals surface area contributed by atoms with Crippen LogP contribution in [0.5, 0.6) is 0 Å². The first-order chi connectivity index (χ1) is 9.17. The van der Waals surface area contributed by atoms with Gasteiger partial charge in [-0.15, -0.1) is 0 Å². The molecule has 0 amide bonds. The second kappa shape index (κ2) is 5.23. The largest absolute Gasteiger partial charge is 0.378 e. The van der Waals surface area contributed by atoms with Gasteiger partial charge in [-0.1, -0.05) is 18.2 Å². The Kier molecular flexibility index (Phi) is 3.60. The van der Waals surface area contributed by atoms with Gasteiger partial charge in [-0.05, 0) is 37.4 Å². The van der Waals surface area contributed by atoms with E-state index in [9.17, 15) is 8.42 Å². The van der Waals surface area contributed by atoms with Crippen LogP contribution in [-0.4, -0.2) is 33.4 Å². The van der Waals surface area contributed by atoms with E-state index in [0.717, 1.165) is 38.0 Å². The molecule has 0 radical (unpaired) electrons. The topological polar surface area (TPSA) is 55.4 Å². The van der Waals surface area contributed by atoms with E-state index >= 15 is 0 Å². The van der Waals surface area contributed by atoms with Crippen LogP contribution in [0.2, 0.25) is 0 Å². The third kappa shape index (κ3) is 2.68. The lowest BCUT2D eigenvalue weighted by molar-refractivity contribution is 0.103. The summed E-state index contributed by atoms with van der Waals surface area (Å²) in [5.74, 6) is 0.178. The maximum atomic E-state index is 12.0. The van der Waals surface area contributed by atoms with Crippen molar-refractivity contribution in [3.8, 4) is 0 Å². The molecule has 3 rings (SSSR count). The van der Waals surface area contributed by atoms with Gasteiger partial charge in [0.25, 0.3) is 0 Å². The second-order valence-electron chi connectivity index (χ2n) is 5.25. The Balaban J connectivity index is 1.63. The van der Waals surface area contributed by atoms with E-state index in [1.807, 2.05) is 12.1 Å². The molecule has 0 spiro atoms. The summed E-state index contributed by atoms with van der Waals surface area (Å²) in [4.78, 5) is 0.490. The van der Waals surface area contributed by atoms with E-state index < -0.39 is 9.84 Å². The highest BCUT2D eigenvalue weighted by Crippen LogP contribution is 2.32. The van der Waals surface area contributed by atoms with Crippen LogP contribution >= 0.6 is 0 Å². The molecular weight excluding hydrogens is 262 g/mol. The molecule has 1 aromatic carbocycles. The van der Waals surface area contributed by atoms with Crippen LogP contribution in [0.1, 0.15) is 30.9 Å². The van der Waals surface area contributed by atoms with Crippen molar-refractivity contribution in [3.05, 3.63) is 29.8 Å². The molecule has 1 saturated heterocycles. The average Bonchev–Trinajstić information content (AvgIpc) is 2.98. The summed E-state index contributed by atoms with van der Waals surface area (Å²) in [6, 6.07) is 7.22. The van der Waals surface area contributed by atoms with Crippen molar-refractivity contribution in [3.63, 3.8) is 0 Å². The summed E-state index contributed by atoms with van der Waals surface area (Å²) in [6.45, 7) is 1.67. The van der Waals surface area contributed by atoms with E-state index in [2.05, 4.69) is 5.32 Å². The lowest BCUT2D eigenvalue weighted by Gasteiger charge is -2.14. The van der Waals surface area contributed by atoms with Crippen molar-refractivity contribution in [1.29, 1.82) is 0 Å². The Morgan fingerprint density at radius 2 is 2.16 bits per heavy atom. The van der Waals surface area contributed by atoms with Gasteiger partial charge < -0.3 is 10.1 Å². The monoisotopic (exact) mass is 281 g/mol. The van der Waals surface area contributed by atoms with E-state index in [4.69, 9.17) is 4.74 Å². The van der Waals surface area contributed by atoms with Crippen LogP contribution in [0.25, 0.3) is 0 Å². The molecule has 19 heavy (non-hydrogen) atoms. The van der Waals surface area contributed by atoms with Crippen LogP contribution in [0.15, 0.2) is 29.2 Å². The molecule has 0 bridgehead atoms. The van der Waals surface area contributed by atoms with Gasteiger partial charge >= 0.3 is 0 Å². The molecule has 1 N–H and O–H groups in total. The number of hydrogen-bond acceptors (Lipinski definition) is 4. The summed E-state index contributed by atoms with van der Waals surface area (Å²) in [7, 11) is -3.10. The van der Waals surface area contributed by atoms with E-state index in [1.54, 1.807) is 12.1 Å². The Morgan fingerprint density at radius 3 is 2.95 bits per heavy atom. The number of fused-ring (bicyclic) bond motifs is 1. The van der Waals surface area contributed by atoms with Crippen LogP contribution in [0, 0.1) is 0 Å². The van der Waals surface area contributed by atoms with Crippen LogP contribution < -0.4 is 5.32 Å². The van der Waals surface area contributed by atoms with E-state index in [0.29, 0.717) is 11.0 Å². The number of benzene rings is 1. The second-order valence-corrected chi connectivity index (χ2v) is 7.25. The molecule has 0 aromatic heterocycles. The predicted octanol–water partition coefficient (Wildman–Crippen LogP) is 1.67. The number of rotatable bonds is 4. The van der Waals surface area contributed by atoms with Crippen molar-refractivity contribution >= 4 is 9.84 Å². The van der Waals surface area contributed by atoms with Gasteiger partial charge in [0.2, 0.25) is 0 Å². The highest BCUT2D eigenvalue weighted by molar-refractivity contribution is 7.91. The first kappa shape index (κ1) is 13.1. The first-order valence-corrected chi connectivity index (χ1v) is 8.49. The minimum Gasteiger partial charge on any atom is -0.378 e. The molecule has 4 nitrogen and oxygen atoms in total. The normalized spacial score (nSPS) is 28.4. The third-order valence-electron chi connectivity index (χ3n) is 3.90. The van der Waals surface area contributed by atoms with Crippen LogP contribution in [-0.2, 0) is 14.6 Å². The van der Waals surface area contributed by atoms with E-state index in [1.165, 1.54) is 0 Å². The molecule has 2 aliphatic rings. The van der Waals surface area contributed by atoms with Gasteiger partial charge in [0, 0.05) is 12.6 Å². The average molecular weight is 281 g/mol. The highest BCUT2D eigenvalue weighted by Gasteiger charge is 2.33. The fraction of sp³-hybridized carbons (Fsp3) is 0.571. The molecule has 2 atom stereocenters. The predicted molar refractivity (Wildman–Crippen MR) is 72.8 cm³/mol. The fourth-order valence-electron chi connectivity index (χ4n) is 2.91. The van der Waals surface area contributed by atoms with Gasteiger partial charge in [0.1, 0.15) is 0 Å². The number of hydrogen-bond donors (Lipinski definition) is 1. The van der Waals surface area contributed by atoms with Gasteiger partial charge in [-0.3, -0.25) is 0 Å². The smallest absolute Gasteiger partial charge is 0.180 e. The Bertz CT molecular complexity index is 550. The summed E-state index contributed by atoms with van der Waals surface area (Å²) >= 11 is 0. The maximum Gasteiger partial charge on any atom is 0.180 e. The number of ether oxygens (including phenoxy) is 1. The molecular formula is C14H19NO3S. The standard InChI is InChI=1S/C14H19NO3S/c16-19(17)10-13(12-5-1-2-6-14(12)19)15-8-7-11-4-3-9-18-11/h1-2,5-6,11,13,15H,3-4,7-10H2. The molecule has 2 heterocycles. The zero-order valence-corrected chi connectivity index (χ0v) is 11.7. The van der Waals surface area contributed by atoms with Crippen LogP contribution in [0.4, 0.5) is 0 Å². The Hall–Kier alpha value is -0.910. The molecule has 104 valence electrons. The zero-order chi connectivity index (χ0) is 13.3. The zero-order valence-electron chi connectivity index (χ0n) is 10.8. The molecule has 1 aromatic rings. The fourth-order valence-corrected chi connectivity index (χ4v) is 4.68. The Labute approximate surface area is 114 Å². The third-order valence-corrected chi connectivity index (χ3v) is 5.71. The van der Waals surface area contributed by atoms with Gasteiger partial charge in [0.05, 0.1) is 16.8 Å². The first-order valence-electron chi connectivity index (χ1n) is 6.83. The minimum atomic E-state index is -3.10. The highest BCUT2D eigenvalue weighted by atomic mass is 32.2. The van der Waals surface area contributed by atoms with Crippen molar-refractivity contribution in [2.24, 2.45) is 0 Å². The summed E-state index contributed by atoms with van der Waals surface area (Å²) in [6.07, 6.45) is 3.58. The molecule has 5 heteroatoms. The lowest BCUT2D eigenvalue weighted by atomic mass is 10.1. The number of nitrogens with one attached hydrogen (secondary N) is 1. The van der Waals surface area contributed by atoms with Crippen molar-refractivity contribution in [2.75, 3.05) is 18.9 Å². The van der Waals surface area contributed by atoms with Crippen molar-refractivity contribution in [2.45, 2.75) is 36.3 Å².